The molecule has 0 radical (unpaired) electrons. The Morgan fingerprint density at radius 2 is 1.82 bits per heavy atom. The first-order valence-corrected chi connectivity index (χ1v) is 11.5. The van der Waals surface area contributed by atoms with Crippen LogP contribution in [0.2, 0.25) is 0 Å². The lowest BCUT2D eigenvalue weighted by molar-refractivity contribution is -0.140. The molecule has 180 valence electrons. The lowest BCUT2D eigenvalue weighted by atomic mass is 9.94. The van der Waals surface area contributed by atoms with Gasteiger partial charge in [0.05, 0.1) is 31.4 Å². The van der Waals surface area contributed by atoms with Gasteiger partial charge in [0.1, 0.15) is 17.3 Å². The third kappa shape index (κ3) is 4.83. The van der Waals surface area contributed by atoms with Gasteiger partial charge in [0.2, 0.25) is 0 Å². The maximum atomic E-state index is 13.7. The molecule has 0 aromatic heterocycles. The summed E-state index contributed by atoms with van der Waals surface area (Å²) in [4.78, 5) is 29.9. The summed E-state index contributed by atoms with van der Waals surface area (Å²) in [6.45, 7) is 7.79. The molecule has 1 unspecified atom stereocenters. The molecule has 2 saturated heterocycles. The molecule has 8 heteroatoms. The van der Waals surface area contributed by atoms with Crippen LogP contribution >= 0.6 is 0 Å². The third-order valence-corrected chi connectivity index (χ3v) is 6.25. The van der Waals surface area contributed by atoms with Gasteiger partial charge in [-0.15, -0.1) is 0 Å². The number of aryl methyl sites for hydroxylation is 1. The summed E-state index contributed by atoms with van der Waals surface area (Å²) in [5.41, 5.74) is 1.72. The SMILES string of the molecule is CCOc1ccc(/C(O)=C2/C(=O)C(=O)N(CCN3CCOCC3)C2c2ccc(F)cc2)c(C)c1. The Labute approximate surface area is 198 Å². The maximum Gasteiger partial charge on any atom is 0.295 e. The molecule has 2 heterocycles. The van der Waals surface area contributed by atoms with E-state index in [-0.39, 0.29) is 11.3 Å². The number of aliphatic hydroxyl groups is 1. The number of amides is 1. The highest BCUT2D eigenvalue weighted by molar-refractivity contribution is 6.46. The minimum absolute atomic E-state index is 0.00541. The zero-order valence-corrected chi connectivity index (χ0v) is 19.4. The van der Waals surface area contributed by atoms with E-state index < -0.39 is 23.5 Å². The number of likely N-dealkylation sites (tertiary alicyclic amines) is 1. The number of Topliss-reactive ketones (excluding diaryl/α,β-unsaturated/α-hetero) is 1. The number of benzene rings is 2. The molecule has 2 aliphatic heterocycles. The van der Waals surface area contributed by atoms with E-state index in [0.717, 1.165) is 13.1 Å². The fourth-order valence-corrected chi connectivity index (χ4v) is 4.48. The molecule has 1 amide bonds. The van der Waals surface area contributed by atoms with Crippen molar-refractivity contribution >= 4 is 17.4 Å². The summed E-state index contributed by atoms with van der Waals surface area (Å²) in [5, 5.41) is 11.3. The number of carbonyl (C=O) groups is 2. The number of hydrogen-bond acceptors (Lipinski definition) is 6. The van der Waals surface area contributed by atoms with Gasteiger partial charge in [-0.2, -0.15) is 0 Å². The molecule has 0 aliphatic carbocycles. The largest absolute Gasteiger partial charge is 0.507 e. The van der Waals surface area contributed by atoms with Crippen molar-refractivity contribution in [2.24, 2.45) is 0 Å². The number of ketones is 1. The van der Waals surface area contributed by atoms with Crippen LogP contribution in [0.15, 0.2) is 48.0 Å². The number of aliphatic hydroxyl groups excluding tert-OH is 1. The van der Waals surface area contributed by atoms with E-state index in [1.807, 2.05) is 6.92 Å². The quantitative estimate of drug-likeness (QED) is 0.382. The van der Waals surface area contributed by atoms with Crippen molar-refractivity contribution in [3.8, 4) is 5.75 Å². The number of hydrogen-bond donors (Lipinski definition) is 1. The van der Waals surface area contributed by atoms with E-state index in [0.29, 0.717) is 55.4 Å². The zero-order valence-electron chi connectivity index (χ0n) is 19.4. The van der Waals surface area contributed by atoms with Gasteiger partial charge in [-0.25, -0.2) is 4.39 Å². The Hall–Kier alpha value is -3.23. The van der Waals surface area contributed by atoms with Gasteiger partial charge in [0.25, 0.3) is 11.7 Å². The van der Waals surface area contributed by atoms with Crippen LogP contribution in [0.4, 0.5) is 4.39 Å². The standard InChI is InChI=1S/C26H29FN2O5/c1-3-34-20-8-9-21(17(2)16-20)24(30)22-23(18-4-6-19(27)7-5-18)29(26(32)25(22)31)11-10-28-12-14-33-15-13-28/h4-9,16,23,30H,3,10-15H2,1-2H3/b24-22-. The fourth-order valence-electron chi connectivity index (χ4n) is 4.48. The molecular weight excluding hydrogens is 439 g/mol. The number of ether oxygens (including phenoxy) is 2. The van der Waals surface area contributed by atoms with Crippen molar-refractivity contribution in [2.45, 2.75) is 19.9 Å². The van der Waals surface area contributed by atoms with Crippen molar-refractivity contribution in [1.82, 2.24) is 9.80 Å². The fraction of sp³-hybridized carbons (Fsp3) is 0.385. The summed E-state index contributed by atoms with van der Waals surface area (Å²) in [5.74, 6) is -1.44. The van der Waals surface area contributed by atoms with Gasteiger partial charge in [0, 0.05) is 31.7 Å². The Morgan fingerprint density at radius 3 is 2.47 bits per heavy atom. The molecule has 7 nitrogen and oxygen atoms in total. The minimum atomic E-state index is -0.812. The summed E-state index contributed by atoms with van der Waals surface area (Å²) < 4.78 is 24.5. The van der Waals surface area contributed by atoms with Gasteiger partial charge in [0.15, 0.2) is 0 Å². The van der Waals surface area contributed by atoms with Crippen LogP contribution in [-0.4, -0.2) is 72.6 Å². The Kier molecular flexibility index (Phi) is 7.29. The molecule has 2 aromatic rings. The van der Waals surface area contributed by atoms with Gasteiger partial charge in [-0.05, 0) is 55.3 Å². The van der Waals surface area contributed by atoms with Gasteiger partial charge < -0.3 is 19.5 Å². The van der Waals surface area contributed by atoms with Crippen LogP contribution in [0, 0.1) is 12.7 Å². The van der Waals surface area contributed by atoms with E-state index in [1.54, 1.807) is 37.3 Å². The van der Waals surface area contributed by atoms with Crippen molar-refractivity contribution in [3.05, 3.63) is 70.5 Å². The molecule has 4 rings (SSSR count). The van der Waals surface area contributed by atoms with Gasteiger partial charge >= 0.3 is 0 Å². The Balaban J connectivity index is 1.74. The molecular formula is C26H29FN2O5. The maximum absolute atomic E-state index is 13.7. The van der Waals surface area contributed by atoms with E-state index in [9.17, 15) is 19.1 Å². The summed E-state index contributed by atoms with van der Waals surface area (Å²) in [6, 6.07) is 10.0. The summed E-state index contributed by atoms with van der Waals surface area (Å²) in [6.07, 6.45) is 0. The van der Waals surface area contributed by atoms with Crippen molar-refractivity contribution in [3.63, 3.8) is 0 Å². The first kappa shape index (κ1) is 23.9. The van der Waals surface area contributed by atoms with Gasteiger partial charge in [-0.1, -0.05) is 12.1 Å². The molecule has 2 aliphatic rings. The number of halogens is 1. The summed E-state index contributed by atoms with van der Waals surface area (Å²) >= 11 is 0. The monoisotopic (exact) mass is 468 g/mol. The molecule has 1 N–H and O–H groups in total. The van der Waals surface area contributed by atoms with Crippen molar-refractivity contribution in [1.29, 1.82) is 0 Å². The molecule has 0 bridgehead atoms. The Bertz CT molecular complexity index is 1090. The number of morpholine rings is 1. The van der Waals surface area contributed by atoms with Gasteiger partial charge in [-0.3, -0.25) is 14.5 Å². The van der Waals surface area contributed by atoms with E-state index in [1.165, 1.54) is 17.0 Å². The van der Waals surface area contributed by atoms with E-state index in [2.05, 4.69) is 4.90 Å². The predicted molar refractivity (Wildman–Crippen MR) is 125 cm³/mol. The van der Waals surface area contributed by atoms with Crippen LogP contribution < -0.4 is 4.74 Å². The molecule has 0 saturated carbocycles. The highest BCUT2D eigenvalue weighted by atomic mass is 19.1. The third-order valence-electron chi connectivity index (χ3n) is 6.25. The van der Waals surface area contributed by atoms with Crippen LogP contribution in [0.3, 0.4) is 0 Å². The van der Waals surface area contributed by atoms with Crippen molar-refractivity contribution in [2.75, 3.05) is 46.0 Å². The predicted octanol–water partition coefficient (Wildman–Crippen LogP) is 3.29. The first-order chi connectivity index (χ1) is 16.4. The average Bonchev–Trinajstić information content (AvgIpc) is 3.08. The highest BCUT2D eigenvalue weighted by Crippen LogP contribution is 2.40. The number of rotatable bonds is 7. The lowest BCUT2D eigenvalue weighted by Crippen LogP contribution is -2.42. The zero-order chi connectivity index (χ0) is 24.2. The van der Waals surface area contributed by atoms with Crippen LogP contribution in [0.25, 0.3) is 5.76 Å². The lowest BCUT2D eigenvalue weighted by Gasteiger charge is -2.31. The number of nitrogens with zero attached hydrogens (tertiary/aromatic N) is 2. The van der Waals surface area contributed by atoms with Crippen LogP contribution in [-0.2, 0) is 14.3 Å². The first-order valence-electron chi connectivity index (χ1n) is 11.5. The van der Waals surface area contributed by atoms with Crippen molar-refractivity contribution < 1.29 is 28.6 Å². The second-order valence-corrected chi connectivity index (χ2v) is 8.41. The number of carbonyl (C=O) groups excluding carboxylic acids is 2. The van der Waals surface area contributed by atoms with E-state index in [4.69, 9.17) is 9.47 Å². The highest BCUT2D eigenvalue weighted by Gasteiger charge is 2.46. The average molecular weight is 469 g/mol. The normalized spacial score (nSPS) is 20.7. The Morgan fingerprint density at radius 1 is 1.12 bits per heavy atom. The van der Waals surface area contributed by atoms with Crippen LogP contribution in [0.1, 0.15) is 29.7 Å². The second-order valence-electron chi connectivity index (χ2n) is 8.41. The molecule has 2 aromatic carbocycles. The molecule has 0 spiro atoms. The summed E-state index contributed by atoms with van der Waals surface area (Å²) in [7, 11) is 0. The molecule has 34 heavy (non-hydrogen) atoms. The molecule has 2 fully saturated rings. The minimum Gasteiger partial charge on any atom is -0.507 e. The second kappa shape index (κ2) is 10.4. The van der Waals surface area contributed by atoms with E-state index >= 15 is 0 Å². The smallest absolute Gasteiger partial charge is 0.295 e. The topological polar surface area (TPSA) is 79.3 Å². The molecule has 1 atom stereocenters. The van der Waals surface area contributed by atoms with Crippen LogP contribution in [0.5, 0.6) is 5.75 Å².